The van der Waals surface area contributed by atoms with Crippen molar-refractivity contribution in [3.8, 4) is 11.5 Å². The van der Waals surface area contributed by atoms with Gasteiger partial charge in [0.25, 0.3) is 5.91 Å². The van der Waals surface area contributed by atoms with E-state index in [0.717, 1.165) is 24.9 Å². The van der Waals surface area contributed by atoms with Gasteiger partial charge in [0.2, 0.25) is 0 Å². The average molecular weight is 486 g/mol. The number of fused-ring (bicyclic) bond motifs is 1. The van der Waals surface area contributed by atoms with Crippen LogP contribution in [0.2, 0.25) is 0 Å². The van der Waals surface area contributed by atoms with Crippen molar-refractivity contribution in [1.82, 2.24) is 0 Å². The number of nitrogens with one attached hydrogen (secondary N) is 1. The molecule has 4 nitrogen and oxygen atoms in total. The molecule has 0 unspecified atom stereocenters. The van der Waals surface area contributed by atoms with Gasteiger partial charge in [-0.3, -0.25) is 4.79 Å². The van der Waals surface area contributed by atoms with Gasteiger partial charge >= 0.3 is 0 Å². The second-order valence-corrected chi connectivity index (χ2v) is 7.02. The van der Waals surface area contributed by atoms with Crippen molar-refractivity contribution in [3.05, 3.63) is 49.5 Å². The summed E-state index contributed by atoms with van der Waals surface area (Å²) in [6, 6.07) is 9.54. The quantitative estimate of drug-likeness (QED) is 0.512. The van der Waals surface area contributed by atoms with Crippen LogP contribution in [-0.4, -0.2) is 20.1 Å². The number of hydrogen-bond donors (Lipinski definition) is 1. The molecule has 118 valence electrons. The van der Waals surface area contributed by atoms with Crippen LogP contribution in [0, 0.1) is 3.57 Å². The molecule has 23 heavy (non-hydrogen) atoms. The van der Waals surface area contributed by atoms with Crippen LogP contribution in [0.5, 0.6) is 11.5 Å². The largest absolute Gasteiger partial charge is 0.493 e. The van der Waals surface area contributed by atoms with Gasteiger partial charge in [-0.1, -0.05) is 15.9 Å². The normalized spacial score (nSPS) is 14.6. The van der Waals surface area contributed by atoms with E-state index >= 15 is 0 Å². The first-order valence-corrected chi connectivity index (χ1v) is 8.65. The first kappa shape index (κ1) is 16.3. The van der Waals surface area contributed by atoms with Crippen molar-refractivity contribution in [3.63, 3.8) is 0 Å². The highest BCUT2D eigenvalue weighted by Gasteiger charge is 2.24. The molecule has 2 aromatic rings. The summed E-state index contributed by atoms with van der Waals surface area (Å²) in [6.07, 6.45) is 1.86. The molecular weight excluding hydrogens is 473 g/mol. The number of carbonyl (C=O) groups is 1. The Hall–Kier alpha value is -1.54. The lowest BCUT2D eigenvalue weighted by Gasteiger charge is -2.10. The molecule has 0 aliphatic carbocycles. The second kappa shape index (κ2) is 6.52. The summed E-state index contributed by atoms with van der Waals surface area (Å²) in [5.74, 6) is 1.22. The summed E-state index contributed by atoms with van der Waals surface area (Å²) in [7, 11) is 3.20. The van der Waals surface area contributed by atoms with Crippen LogP contribution in [0.3, 0.4) is 0 Å². The van der Waals surface area contributed by atoms with Crippen LogP contribution in [0.4, 0.5) is 5.69 Å². The van der Waals surface area contributed by atoms with E-state index in [1.54, 1.807) is 14.2 Å². The third kappa shape index (κ3) is 3.10. The van der Waals surface area contributed by atoms with Crippen LogP contribution in [0.15, 0.2) is 34.8 Å². The predicted molar refractivity (Wildman–Crippen MR) is 103 cm³/mol. The van der Waals surface area contributed by atoms with Crippen molar-refractivity contribution < 1.29 is 14.3 Å². The Morgan fingerprint density at radius 3 is 2.65 bits per heavy atom. The van der Waals surface area contributed by atoms with Crippen molar-refractivity contribution in [1.29, 1.82) is 0 Å². The molecule has 0 atom stereocenters. The fraction of sp³-hybridized carbons (Fsp3) is 0.118. The number of halogens is 2. The third-order valence-electron chi connectivity index (χ3n) is 3.53. The smallest absolute Gasteiger partial charge is 0.256 e. The number of carbonyl (C=O) groups excluding carboxylic acids is 1. The summed E-state index contributed by atoms with van der Waals surface area (Å²) in [4.78, 5) is 12.3. The predicted octanol–water partition coefficient (Wildman–Crippen LogP) is 4.56. The molecule has 0 bridgehead atoms. The monoisotopic (exact) mass is 485 g/mol. The molecular formula is C17H13BrINO3. The Bertz CT molecular complexity index is 833. The summed E-state index contributed by atoms with van der Waals surface area (Å²) in [6.45, 7) is 0. The van der Waals surface area contributed by atoms with Gasteiger partial charge in [-0.15, -0.1) is 0 Å². The van der Waals surface area contributed by atoms with Gasteiger partial charge in [0.15, 0.2) is 11.5 Å². The van der Waals surface area contributed by atoms with Crippen molar-refractivity contribution >= 4 is 61.8 Å². The topological polar surface area (TPSA) is 47.6 Å². The van der Waals surface area contributed by atoms with Gasteiger partial charge < -0.3 is 14.8 Å². The van der Waals surface area contributed by atoms with Crippen molar-refractivity contribution in [2.75, 3.05) is 19.5 Å². The Kier molecular flexibility index (Phi) is 4.63. The lowest BCUT2D eigenvalue weighted by molar-refractivity contribution is -0.110. The molecule has 1 aliphatic rings. The highest BCUT2D eigenvalue weighted by Crippen LogP contribution is 2.38. The molecule has 1 aliphatic heterocycles. The minimum Gasteiger partial charge on any atom is -0.493 e. The molecule has 0 aromatic heterocycles. The molecule has 0 saturated heterocycles. The number of benzene rings is 2. The maximum absolute atomic E-state index is 12.3. The molecule has 0 radical (unpaired) electrons. The van der Waals surface area contributed by atoms with Crippen LogP contribution < -0.4 is 14.8 Å². The van der Waals surface area contributed by atoms with Crippen LogP contribution >= 0.6 is 38.5 Å². The highest BCUT2D eigenvalue weighted by molar-refractivity contribution is 14.1. The SMILES string of the molecule is COc1cc(C=C2C(=O)Nc3ccc(Br)cc32)cc(I)c1OC. The fourth-order valence-electron chi connectivity index (χ4n) is 2.49. The summed E-state index contributed by atoms with van der Waals surface area (Å²) in [5, 5.41) is 2.87. The Balaban J connectivity index is 2.11. The lowest BCUT2D eigenvalue weighted by atomic mass is 10.0. The van der Waals surface area contributed by atoms with Gasteiger partial charge in [0.1, 0.15) is 0 Å². The highest BCUT2D eigenvalue weighted by atomic mass is 127. The Morgan fingerprint density at radius 2 is 1.96 bits per heavy atom. The van der Waals surface area contributed by atoms with Gasteiger partial charge in [-0.05, 0) is 64.6 Å². The van der Waals surface area contributed by atoms with E-state index in [0.29, 0.717) is 17.1 Å². The lowest BCUT2D eigenvalue weighted by Crippen LogP contribution is -2.03. The van der Waals surface area contributed by atoms with Gasteiger partial charge in [-0.2, -0.15) is 0 Å². The number of anilines is 1. The number of methoxy groups -OCH3 is 2. The average Bonchev–Trinajstić information content (AvgIpc) is 2.82. The molecule has 1 heterocycles. The Morgan fingerprint density at radius 1 is 1.17 bits per heavy atom. The molecule has 0 spiro atoms. The van der Waals surface area contributed by atoms with E-state index in [-0.39, 0.29) is 5.91 Å². The van der Waals surface area contributed by atoms with Gasteiger partial charge in [-0.25, -0.2) is 0 Å². The number of rotatable bonds is 3. The zero-order valence-electron chi connectivity index (χ0n) is 12.4. The molecule has 2 aromatic carbocycles. The van der Waals surface area contributed by atoms with Gasteiger partial charge in [0, 0.05) is 21.3 Å². The molecule has 0 saturated carbocycles. The van der Waals surface area contributed by atoms with E-state index in [1.165, 1.54) is 0 Å². The number of amides is 1. The molecule has 3 rings (SSSR count). The zero-order valence-corrected chi connectivity index (χ0v) is 16.2. The Labute approximate surface area is 156 Å². The van der Waals surface area contributed by atoms with E-state index < -0.39 is 0 Å². The minimum absolute atomic E-state index is 0.108. The van der Waals surface area contributed by atoms with E-state index in [1.807, 2.05) is 36.4 Å². The van der Waals surface area contributed by atoms with E-state index in [9.17, 15) is 4.79 Å². The number of ether oxygens (including phenoxy) is 2. The van der Waals surface area contributed by atoms with Crippen LogP contribution in [-0.2, 0) is 4.79 Å². The summed E-state index contributed by atoms with van der Waals surface area (Å²) >= 11 is 5.64. The van der Waals surface area contributed by atoms with Crippen LogP contribution in [0.25, 0.3) is 11.6 Å². The van der Waals surface area contributed by atoms with Crippen molar-refractivity contribution in [2.45, 2.75) is 0 Å². The molecule has 1 N–H and O–H groups in total. The minimum atomic E-state index is -0.108. The molecule has 6 heteroatoms. The van der Waals surface area contributed by atoms with Gasteiger partial charge in [0.05, 0.1) is 17.8 Å². The van der Waals surface area contributed by atoms with Crippen LogP contribution in [0.1, 0.15) is 11.1 Å². The van der Waals surface area contributed by atoms with Crippen molar-refractivity contribution in [2.24, 2.45) is 0 Å². The fourth-order valence-corrected chi connectivity index (χ4v) is 3.70. The first-order valence-electron chi connectivity index (χ1n) is 6.78. The molecule has 1 amide bonds. The molecule has 0 fully saturated rings. The summed E-state index contributed by atoms with van der Waals surface area (Å²) < 4.78 is 12.6. The standard InChI is InChI=1S/C17H13BrINO3/c1-22-15-7-9(6-13(19)16(15)23-2)5-12-11-8-10(18)3-4-14(11)20-17(12)21/h3-8H,1-2H3,(H,20,21). The second-order valence-electron chi connectivity index (χ2n) is 4.94. The number of hydrogen-bond acceptors (Lipinski definition) is 3. The maximum atomic E-state index is 12.3. The van der Waals surface area contributed by atoms with E-state index in [2.05, 4.69) is 43.8 Å². The van der Waals surface area contributed by atoms with E-state index in [4.69, 9.17) is 9.47 Å². The third-order valence-corrected chi connectivity index (χ3v) is 4.83. The maximum Gasteiger partial charge on any atom is 0.256 e. The first-order chi connectivity index (χ1) is 11.0. The zero-order chi connectivity index (χ0) is 16.6. The summed E-state index contributed by atoms with van der Waals surface area (Å²) in [5.41, 5.74) is 3.21.